The van der Waals surface area contributed by atoms with Crippen LogP contribution in [0.1, 0.15) is 35.6 Å². The number of nitrogens with zero attached hydrogens (tertiary/aromatic N) is 5. The molecular weight excluding hydrogens is 442 g/mol. The number of benzene rings is 2. The summed E-state index contributed by atoms with van der Waals surface area (Å²) in [7, 11) is 0. The Morgan fingerprint density at radius 2 is 1.74 bits per heavy atom. The minimum absolute atomic E-state index is 0.00592. The molecule has 2 amide bonds. The summed E-state index contributed by atoms with van der Waals surface area (Å²) in [4.78, 5) is 38.3. The van der Waals surface area contributed by atoms with Crippen molar-refractivity contribution in [2.45, 2.75) is 26.4 Å². The molecule has 0 spiro atoms. The number of nitrogens with one attached hydrogen (secondary N) is 1. The van der Waals surface area contributed by atoms with Gasteiger partial charge in [-0.1, -0.05) is 26.0 Å². The van der Waals surface area contributed by atoms with Crippen molar-refractivity contribution in [1.82, 2.24) is 19.8 Å². The maximum Gasteiger partial charge on any atom is 0.253 e. The number of nitrogens with two attached hydrogens (primary N) is 1. The lowest BCUT2D eigenvalue weighted by Gasteiger charge is -2.34. The number of fused-ring (bicyclic) bond motifs is 1. The normalized spacial score (nSPS) is 15.1. The molecule has 1 fully saturated rings. The monoisotopic (exact) mass is 471 g/mol. The first-order valence-electron chi connectivity index (χ1n) is 11.7. The second-order valence-electron chi connectivity index (χ2n) is 9.03. The summed E-state index contributed by atoms with van der Waals surface area (Å²) in [5.74, 6) is 0.787. The minimum Gasteiger partial charge on any atom is -0.368 e. The van der Waals surface area contributed by atoms with Crippen LogP contribution in [-0.2, 0) is 11.3 Å². The molecule has 2 heterocycles. The molecule has 4 rings (SSSR count). The quantitative estimate of drug-likeness (QED) is 0.541. The fourth-order valence-corrected chi connectivity index (χ4v) is 4.20. The highest BCUT2D eigenvalue weighted by Crippen LogP contribution is 2.23. The van der Waals surface area contributed by atoms with Gasteiger partial charge in [-0.15, -0.1) is 0 Å². The number of aromatic nitrogens is 2. The van der Waals surface area contributed by atoms with Crippen LogP contribution in [0.3, 0.4) is 0 Å². The van der Waals surface area contributed by atoms with Crippen LogP contribution < -0.4 is 11.1 Å². The molecule has 2 aromatic carbocycles. The van der Waals surface area contributed by atoms with Gasteiger partial charge >= 0.3 is 0 Å². The molecule has 9 nitrogen and oxygen atoms in total. The van der Waals surface area contributed by atoms with E-state index in [-0.39, 0.29) is 11.8 Å². The number of primary amides is 1. The summed E-state index contributed by atoms with van der Waals surface area (Å²) in [6.07, 6.45) is 0. The number of carbonyl (C=O) groups is 2. The van der Waals surface area contributed by atoms with Crippen LogP contribution in [0.2, 0.25) is 0 Å². The Bertz CT molecular complexity index is 1260. The highest BCUT2D eigenvalue weighted by Gasteiger charge is 2.24. The second kappa shape index (κ2) is 10.5. The average molecular weight is 472 g/mol. The van der Waals surface area contributed by atoms with Crippen molar-refractivity contribution in [3.8, 4) is 6.07 Å². The molecule has 180 valence electrons. The number of hydrogen-bond donors (Lipinski definition) is 2. The third kappa shape index (κ3) is 5.55. The maximum atomic E-state index is 12.8. The van der Waals surface area contributed by atoms with Gasteiger partial charge in [0.2, 0.25) is 5.91 Å². The fourth-order valence-electron chi connectivity index (χ4n) is 4.20. The fraction of sp³-hybridized carbons (Fsp3) is 0.346. The first kappa shape index (κ1) is 24.1. The lowest BCUT2D eigenvalue weighted by Crippen LogP contribution is -2.48. The molecule has 3 N–H and O–H groups in total. The zero-order chi connectivity index (χ0) is 24.9. The summed E-state index contributed by atoms with van der Waals surface area (Å²) in [6.45, 7) is 6.97. The molecule has 9 heteroatoms. The van der Waals surface area contributed by atoms with E-state index in [4.69, 9.17) is 21.0 Å². The number of nitriles is 1. The van der Waals surface area contributed by atoms with Gasteiger partial charge in [0.25, 0.3) is 5.91 Å². The number of para-hydroxylation sites is 1. The van der Waals surface area contributed by atoms with E-state index in [1.54, 1.807) is 24.3 Å². The zero-order valence-electron chi connectivity index (χ0n) is 19.9. The Balaban J connectivity index is 1.46. The Labute approximate surface area is 204 Å². The van der Waals surface area contributed by atoms with Gasteiger partial charge in [0.05, 0.1) is 23.7 Å². The van der Waals surface area contributed by atoms with Gasteiger partial charge in [-0.2, -0.15) is 5.26 Å². The number of piperazine rings is 1. The molecule has 3 aromatic rings. The van der Waals surface area contributed by atoms with Crippen LogP contribution >= 0.6 is 0 Å². The van der Waals surface area contributed by atoms with Gasteiger partial charge < -0.3 is 16.0 Å². The van der Waals surface area contributed by atoms with E-state index in [1.165, 1.54) is 0 Å². The molecule has 0 saturated carbocycles. The summed E-state index contributed by atoms with van der Waals surface area (Å²) in [6, 6.07) is 15.9. The lowest BCUT2D eigenvalue weighted by atomic mass is 10.0. The molecule has 0 aliphatic carbocycles. The summed E-state index contributed by atoms with van der Waals surface area (Å²) < 4.78 is 0. The number of carbonyl (C=O) groups excluding carboxylic acids is 2. The maximum absolute atomic E-state index is 12.8. The molecule has 0 bridgehead atoms. The predicted molar refractivity (Wildman–Crippen MR) is 133 cm³/mol. The second-order valence-corrected chi connectivity index (χ2v) is 9.03. The van der Waals surface area contributed by atoms with Crippen molar-refractivity contribution in [2.24, 2.45) is 11.7 Å². The van der Waals surface area contributed by atoms with E-state index in [2.05, 4.69) is 16.3 Å². The molecule has 35 heavy (non-hydrogen) atoms. The Kier molecular flexibility index (Phi) is 7.22. The third-order valence-corrected chi connectivity index (χ3v) is 6.20. The van der Waals surface area contributed by atoms with Crippen LogP contribution in [-0.4, -0.2) is 63.8 Å². The molecule has 1 aliphatic rings. The van der Waals surface area contributed by atoms with Crippen molar-refractivity contribution < 1.29 is 9.59 Å². The molecule has 1 atom stereocenters. The topological polar surface area (TPSA) is 128 Å². The number of hydrogen-bond acceptors (Lipinski definition) is 7. The standard InChI is InChI=1S/C26H29N7O2/c1-17(2)23(24(28)34)31-25-20-5-3-4-6-21(20)29-22(30-25)16-32-11-13-33(14-12-32)26(35)19-9-7-18(15-27)8-10-19/h3-10,17,23H,11-14,16H2,1-2H3,(H2,28,34)(H,29,30,31)/t23-/m0/s1. The van der Waals surface area contributed by atoms with Gasteiger partial charge in [0, 0.05) is 37.1 Å². The molecule has 0 radical (unpaired) electrons. The van der Waals surface area contributed by atoms with E-state index in [0.29, 0.717) is 55.5 Å². The lowest BCUT2D eigenvalue weighted by molar-refractivity contribution is -0.119. The van der Waals surface area contributed by atoms with Gasteiger partial charge in [0.1, 0.15) is 17.7 Å². The predicted octanol–water partition coefficient (Wildman–Crippen LogP) is 2.38. The largest absolute Gasteiger partial charge is 0.368 e. The first-order chi connectivity index (χ1) is 16.9. The summed E-state index contributed by atoms with van der Waals surface area (Å²) in [5.41, 5.74) is 7.52. The highest BCUT2D eigenvalue weighted by molar-refractivity contribution is 5.94. The molecule has 0 unspecified atom stereocenters. The van der Waals surface area contributed by atoms with Crippen LogP contribution in [0.15, 0.2) is 48.5 Å². The van der Waals surface area contributed by atoms with E-state index >= 15 is 0 Å². The van der Waals surface area contributed by atoms with Crippen molar-refractivity contribution in [3.05, 3.63) is 65.5 Å². The average Bonchev–Trinajstić information content (AvgIpc) is 2.87. The van der Waals surface area contributed by atoms with Gasteiger partial charge in [-0.05, 0) is 42.3 Å². The number of rotatable bonds is 7. The molecule has 1 aliphatic heterocycles. The van der Waals surface area contributed by atoms with E-state index in [0.717, 1.165) is 10.9 Å². The minimum atomic E-state index is -0.544. The smallest absolute Gasteiger partial charge is 0.253 e. The van der Waals surface area contributed by atoms with Crippen molar-refractivity contribution in [1.29, 1.82) is 5.26 Å². The Morgan fingerprint density at radius 1 is 1.06 bits per heavy atom. The van der Waals surface area contributed by atoms with Crippen LogP contribution in [0, 0.1) is 17.2 Å². The van der Waals surface area contributed by atoms with Gasteiger partial charge in [0.15, 0.2) is 0 Å². The van der Waals surface area contributed by atoms with E-state index in [9.17, 15) is 9.59 Å². The van der Waals surface area contributed by atoms with Gasteiger partial charge in [-0.3, -0.25) is 14.5 Å². The van der Waals surface area contributed by atoms with E-state index in [1.807, 2.05) is 43.0 Å². The highest BCUT2D eigenvalue weighted by atomic mass is 16.2. The molecule has 1 aromatic heterocycles. The summed E-state index contributed by atoms with van der Waals surface area (Å²) >= 11 is 0. The van der Waals surface area contributed by atoms with Crippen molar-refractivity contribution in [3.63, 3.8) is 0 Å². The van der Waals surface area contributed by atoms with Crippen LogP contribution in [0.5, 0.6) is 0 Å². The van der Waals surface area contributed by atoms with Crippen molar-refractivity contribution >= 4 is 28.5 Å². The van der Waals surface area contributed by atoms with Gasteiger partial charge in [-0.25, -0.2) is 9.97 Å². The zero-order valence-corrected chi connectivity index (χ0v) is 19.9. The van der Waals surface area contributed by atoms with E-state index < -0.39 is 11.9 Å². The SMILES string of the molecule is CC(C)[C@H](Nc1nc(CN2CCN(C(=O)c3ccc(C#N)cc3)CC2)nc2ccccc12)C(N)=O. The molecular formula is C26H29N7O2. The molecule has 1 saturated heterocycles. The van der Waals surface area contributed by atoms with Crippen molar-refractivity contribution in [2.75, 3.05) is 31.5 Å². The third-order valence-electron chi connectivity index (χ3n) is 6.20. The van der Waals surface area contributed by atoms with Crippen LogP contribution in [0.4, 0.5) is 5.82 Å². The Morgan fingerprint density at radius 3 is 2.37 bits per heavy atom. The number of anilines is 1. The number of amides is 2. The Hall–Kier alpha value is -4.03. The summed E-state index contributed by atoms with van der Waals surface area (Å²) in [5, 5.41) is 13.0. The van der Waals surface area contributed by atoms with Crippen LogP contribution in [0.25, 0.3) is 10.9 Å². The first-order valence-corrected chi connectivity index (χ1v) is 11.7.